The molecule has 0 amide bonds. The van der Waals surface area contributed by atoms with Crippen molar-refractivity contribution in [3.05, 3.63) is 0 Å². The Kier molecular flexibility index (Phi) is 6.88. The van der Waals surface area contributed by atoms with Crippen molar-refractivity contribution in [2.45, 2.75) is 33.6 Å². The molecule has 0 aliphatic heterocycles. The van der Waals surface area contributed by atoms with Gasteiger partial charge in [-0.2, -0.15) is 0 Å². The summed E-state index contributed by atoms with van der Waals surface area (Å²) >= 11 is 0. The molecular weight excluding hydrogens is 187 g/mol. The summed E-state index contributed by atoms with van der Waals surface area (Å²) in [5.41, 5.74) is 0.215. The van der Waals surface area contributed by atoms with E-state index in [-0.39, 0.29) is 5.41 Å². The highest BCUT2D eigenvalue weighted by molar-refractivity contribution is 7.41. The van der Waals surface area contributed by atoms with Gasteiger partial charge in [0, 0.05) is 14.2 Å². The van der Waals surface area contributed by atoms with E-state index in [0.29, 0.717) is 6.61 Å². The van der Waals surface area contributed by atoms with Crippen molar-refractivity contribution in [3.63, 3.8) is 0 Å². The first kappa shape index (κ1) is 13.3. The first-order chi connectivity index (χ1) is 6.05. The summed E-state index contributed by atoms with van der Waals surface area (Å²) in [5.74, 6) is 0. The Morgan fingerprint density at radius 3 is 2.08 bits per heavy atom. The number of rotatable bonds is 7. The minimum atomic E-state index is -1.13. The maximum atomic E-state index is 5.48. The summed E-state index contributed by atoms with van der Waals surface area (Å²) in [6.45, 7) is 7.25. The van der Waals surface area contributed by atoms with E-state index >= 15 is 0 Å². The maximum Gasteiger partial charge on any atom is 0.332 e. The molecule has 0 rings (SSSR count). The van der Waals surface area contributed by atoms with E-state index in [1.54, 1.807) is 14.2 Å². The van der Waals surface area contributed by atoms with Crippen LogP contribution in [0.15, 0.2) is 0 Å². The zero-order valence-corrected chi connectivity index (χ0v) is 10.2. The molecule has 0 aromatic carbocycles. The smallest absolute Gasteiger partial charge is 0.316 e. The third-order valence-electron chi connectivity index (χ3n) is 1.79. The molecule has 0 aliphatic rings. The fraction of sp³-hybridized carbons (Fsp3) is 1.00. The van der Waals surface area contributed by atoms with Crippen molar-refractivity contribution >= 4 is 8.60 Å². The highest BCUT2D eigenvalue weighted by Crippen LogP contribution is 2.39. The van der Waals surface area contributed by atoms with Crippen LogP contribution in [-0.2, 0) is 13.6 Å². The molecular formula is C9H21O3P. The molecule has 13 heavy (non-hydrogen) atoms. The van der Waals surface area contributed by atoms with Gasteiger partial charge in [-0.05, 0) is 11.8 Å². The predicted molar refractivity (Wildman–Crippen MR) is 55.6 cm³/mol. The molecule has 0 aromatic rings. The van der Waals surface area contributed by atoms with E-state index in [4.69, 9.17) is 13.6 Å². The molecule has 0 saturated heterocycles. The van der Waals surface area contributed by atoms with Crippen LogP contribution in [0.4, 0.5) is 0 Å². The van der Waals surface area contributed by atoms with Gasteiger partial charge >= 0.3 is 8.60 Å². The van der Waals surface area contributed by atoms with Gasteiger partial charge in [0.05, 0.1) is 6.61 Å². The molecule has 0 N–H and O–H groups in total. The van der Waals surface area contributed by atoms with E-state index in [9.17, 15) is 0 Å². The Labute approximate surface area is 82.8 Å². The molecule has 0 bridgehead atoms. The van der Waals surface area contributed by atoms with Crippen molar-refractivity contribution in [2.75, 3.05) is 20.8 Å². The average Bonchev–Trinajstić information content (AvgIpc) is 2.06. The topological polar surface area (TPSA) is 27.7 Å². The standard InChI is InChI=1S/C9H21O3P/c1-6-7-9(2,3)8-12-13(10-4)11-5/h6-8H2,1-5H3. The largest absolute Gasteiger partial charge is 0.332 e. The maximum absolute atomic E-state index is 5.48. The SMILES string of the molecule is CCCC(C)(C)COP(OC)OC. The summed E-state index contributed by atoms with van der Waals surface area (Å²) < 4.78 is 15.5. The molecule has 0 aliphatic carbocycles. The lowest BCUT2D eigenvalue weighted by molar-refractivity contribution is 0.132. The Hall–Kier alpha value is 0.310. The Bertz CT molecular complexity index is 124. The summed E-state index contributed by atoms with van der Waals surface area (Å²) in [6, 6.07) is 0. The molecule has 0 unspecified atom stereocenters. The van der Waals surface area contributed by atoms with Crippen molar-refractivity contribution in [1.82, 2.24) is 0 Å². The average molecular weight is 208 g/mol. The van der Waals surface area contributed by atoms with E-state index in [2.05, 4.69) is 20.8 Å². The molecule has 0 heterocycles. The molecule has 3 nitrogen and oxygen atoms in total. The van der Waals surface area contributed by atoms with Gasteiger partial charge in [-0.15, -0.1) is 0 Å². The first-order valence-electron chi connectivity index (χ1n) is 4.57. The van der Waals surface area contributed by atoms with Crippen LogP contribution in [-0.4, -0.2) is 20.8 Å². The van der Waals surface area contributed by atoms with Crippen LogP contribution in [0.25, 0.3) is 0 Å². The summed E-state index contributed by atoms with van der Waals surface area (Å²) in [4.78, 5) is 0. The quantitative estimate of drug-likeness (QED) is 0.600. The van der Waals surface area contributed by atoms with Gasteiger partial charge in [0.2, 0.25) is 0 Å². The molecule has 80 valence electrons. The molecule has 4 heteroatoms. The van der Waals surface area contributed by atoms with Crippen LogP contribution in [0.5, 0.6) is 0 Å². The van der Waals surface area contributed by atoms with Crippen molar-refractivity contribution in [3.8, 4) is 0 Å². The van der Waals surface area contributed by atoms with Gasteiger partial charge in [0.15, 0.2) is 0 Å². The zero-order chi connectivity index (χ0) is 10.3. The van der Waals surface area contributed by atoms with Gasteiger partial charge in [0.25, 0.3) is 0 Å². The summed E-state index contributed by atoms with van der Waals surface area (Å²) in [6.07, 6.45) is 2.33. The normalized spacial score (nSPS) is 12.5. The van der Waals surface area contributed by atoms with Crippen LogP contribution < -0.4 is 0 Å². The lowest BCUT2D eigenvalue weighted by Crippen LogP contribution is -2.17. The van der Waals surface area contributed by atoms with Crippen molar-refractivity contribution in [1.29, 1.82) is 0 Å². The molecule has 0 fully saturated rings. The van der Waals surface area contributed by atoms with Gasteiger partial charge in [-0.3, -0.25) is 0 Å². The fourth-order valence-corrected chi connectivity index (χ4v) is 1.97. The molecule has 0 spiro atoms. The van der Waals surface area contributed by atoms with Crippen LogP contribution in [0, 0.1) is 5.41 Å². The highest BCUT2D eigenvalue weighted by Gasteiger charge is 2.20. The van der Waals surface area contributed by atoms with Crippen molar-refractivity contribution in [2.24, 2.45) is 5.41 Å². The zero-order valence-electron chi connectivity index (χ0n) is 9.29. The lowest BCUT2D eigenvalue weighted by atomic mass is 9.89. The van der Waals surface area contributed by atoms with Crippen LogP contribution >= 0.6 is 8.60 Å². The molecule has 0 atom stereocenters. The Morgan fingerprint density at radius 2 is 1.69 bits per heavy atom. The lowest BCUT2D eigenvalue weighted by Gasteiger charge is -2.24. The first-order valence-corrected chi connectivity index (χ1v) is 5.66. The predicted octanol–water partition coefficient (Wildman–Crippen LogP) is 3.35. The second-order valence-corrected chi connectivity index (χ2v) is 5.21. The minimum absolute atomic E-state index is 0.215. The third-order valence-corrected chi connectivity index (χ3v) is 2.72. The molecule has 0 aromatic heterocycles. The second-order valence-electron chi connectivity index (χ2n) is 3.78. The molecule has 0 radical (unpaired) electrons. The number of hydrogen-bond donors (Lipinski definition) is 0. The van der Waals surface area contributed by atoms with E-state index in [1.165, 1.54) is 6.42 Å². The Balaban J connectivity index is 3.71. The van der Waals surface area contributed by atoms with Gasteiger partial charge in [-0.1, -0.05) is 27.2 Å². The van der Waals surface area contributed by atoms with E-state index in [1.807, 2.05) is 0 Å². The minimum Gasteiger partial charge on any atom is -0.316 e. The number of hydrogen-bond acceptors (Lipinski definition) is 3. The van der Waals surface area contributed by atoms with Crippen molar-refractivity contribution < 1.29 is 13.6 Å². The van der Waals surface area contributed by atoms with Crippen LogP contribution in [0.1, 0.15) is 33.6 Å². The highest BCUT2D eigenvalue weighted by atomic mass is 31.2. The van der Waals surface area contributed by atoms with E-state index < -0.39 is 8.60 Å². The monoisotopic (exact) mass is 208 g/mol. The van der Waals surface area contributed by atoms with Crippen LogP contribution in [0.2, 0.25) is 0 Å². The summed E-state index contributed by atoms with van der Waals surface area (Å²) in [7, 11) is 2.07. The van der Waals surface area contributed by atoms with Gasteiger partial charge < -0.3 is 13.6 Å². The van der Waals surface area contributed by atoms with E-state index in [0.717, 1.165) is 6.42 Å². The van der Waals surface area contributed by atoms with Gasteiger partial charge in [0.1, 0.15) is 0 Å². The molecule has 0 saturated carbocycles. The second kappa shape index (κ2) is 6.72. The third kappa shape index (κ3) is 6.39. The van der Waals surface area contributed by atoms with Gasteiger partial charge in [-0.25, -0.2) is 0 Å². The Morgan fingerprint density at radius 1 is 1.15 bits per heavy atom. The van der Waals surface area contributed by atoms with Crippen LogP contribution in [0.3, 0.4) is 0 Å². The summed E-state index contributed by atoms with van der Waals surface area (Å²) in [5, 5.41) is 0. The fourth-order valence-electron chi connectivity index (χ4n) is 1.16.